The first-order valence-corrected chi connectivity index (χ1v) is 7.33. The number of nitro groups is 1. The van der Waals surface area contributed by atoms with E-state index in [2.05, 4.69) is 6.07 Å². The maximum absolute atomic E-state index is 11.1. The van der Waals surface area contributed by atoms with Crippen molar-refractivity contribution in [3.8, 4) is 11.8 Å². The van der Waals surface area contributed by atoms with E-state index in [0.717, 1.165) is 31.2 Å². The van der Waals surface area contributed by atoms with Gasteiger partial charge in [0.2, 0.25) is 0 Å². The Hall–Kier alpha value is -2.09. The lowest BCUT2D eigenvalue weighted by Crippen LogP contribution is -2.21. The number of nitriles is 1. The lowest BCUT2D eigenvalue weighted by Gasteiger charge is -2.24. The molecule has 0 heterocycles. The SMILES string of the molecule is COc1ccc(CC2(C#N)CCCCCC2)cc1[N+](=O)[O-]. The fraction of sp³-hybridized carbons (Fsp3) is 0.562. The van der Waals surface area contributed by atoms with Gasteiger partial charge in [-0.3, -0.25) is 10.1 Å². The molecule has 112 valence electrons. The van der Waals surface area contributed by atoms with Crippen molar-refractivity contribution in [1.29, 1.82) is 5.26 Å². The van der Waals surface area contributed by atoms with E-state index >= 15 is 0 Å². The van der Waals surface area contributed by atoms with Crippen molar-refractivity contribution in [2.75, 3.05) is 7.11 Å². The Balaban J connectivity index is 2.27. The maximum atomic E-state index is 11.1. The van der Waals surface area contributed by atoms with Gasteiger partial charge in [0.1, 0.15) is 0 Å². The summed E-state index contributed by atoms with van der Waals surface area (Å²) >= 11 is 0. The highest BCUT2D eigenvalue weighted by Gasteiger charge is 2.31. The van der Waals surface area contributed by atoms with Gasteiger partial charge in [0.05, 0.1) is 23.5 Å². The fourth-order valence-corrected chi connectivity index (χ4v) is 3.11. The van der Waals surface area contributed by atoms with Crippen molar-refractivity contribution >= 4 is 5.69 Å². The van der Waals surface area contributed by atoms with Crippen LogP contribution in [0.5, 0.6) is 5.75 Å². The quantitative estimate of drug-likeness (QED) is 0.476. The van der Waals surface area contributed by atoms with Crippen LogP contribution in [0.1, 0.15) is 44.1 Å². The molecule has 1 fully saturated rings. The van der Waals surface area contributed by atoms with E-state index in [1.807, 2.05) is 6.07 Å². The standard InChI is InChI=1S/C16H20N2O3/c1-21-15-7-6-13(10-14(15)18(19)20)11-16(12-17)8-4-2-3-5-9-16/h6-7,10H,2-5,8-9,11H2,1H3. The summed E-state index contributed by atoms with van der Waals surface area (Å²) in [5.74, 6) is 0.260. The van der Waals surface area contributed by atoms with E-state index in [1.165, 1.54) is 20.0 Å². The minimum atomic E-state index is -0.436. The summed E-state index contributed by atoms with van der Waals surface area (Å²) in [4.78, 5) is 10.7. The van der Waals surface area contributed by atoms with Crippen molar-refractivity contribution in [3.05, 3.63) is 33.9 Å². The Bertz CT molecular complexity index is 555. The van der Waals surface area contributed by atoms with Crippen molar-refractivity contribution in [3.63, 3.8) is 0 Å². The fourth-order valence-electron chi connectivity index (χ4n) is 3.11. The number of hydrogen-bond acceptors (Lipinski definition) is 4. The molecule has 1 saturated carbocycles. The molecule has 0 saturated heterocycles. The van der Waals surface area contributed by atoms with Crippen LogP contribution in [0.25, 0.3) is 0 Å². The van der Waals surface area contributed by atoms with Gasteiger partial charge in [0.25, 0.3) is 0 Å². The van der Waals surface area contributed by atoms with Gasteiger partial charge in [0.15, 0.2) is 5.75 Å². The van der Waals surface area contributed by atoms with Crippen LogP contribution < -0.4 is 4.74 Å². The molecule has 5 nitrogen and oxygen atoms in total. The van der Waals surface area contributed by atoms with E-state index in [1.54, 1.807) is 12.1 Å². The van der Waals surface area contributed by atoms with Crippen LogP contribution in [-0.4, -0.2) is 12.0 Å². The molecule has 1 aliphatic rings. The van der Waals surface area contributed by atoms with Crippen molar-refractivity contribution in [2.24, 2.45) is 5.41 Å². The molecule has 1 aliphatic carbocycles. The summed E-state index contributed by atoms with van der Waals surface area (Å²) in [6, 6.07) is 7.48. The molecule has 5 heteroatoms. The number of ether oxygens (including phenoxy) is 1. The zero-order chi connectivity index (χ0) is 15.3. The average molecular weight is 288 g/mol. The second-order valence-corrected chi connectivity index (χ2v) is 5.75. The molecule has 0 atom stereocenters. The van der Waals surface area contributed by atoms with E-state index in [-0.39, 0.29) is 16.9 Å². The molecule has 0 amide bonds. The topological polar surface area (TPSA) is 76.2 Å². The highest BCUT2D eigenvalue weighted by Crippen LogP contribution is 2.39. The van der Waals surface area contributed by atoms with E-state index in [9.17, 15) is 15.4 Å². The number of nitrogens with zero attached hydrogens (tertiary/aromatic N) is 2. The van der Waals surface area contributed by atoms with Crippen LogP contribution in [0.2, 0.25) is 0 Å². The Kier molecular flexibility index (Phi) is 4.79. The largest absolute Gasteiger partial charge is 0.490 e. The summed E-state index contributed by atoms with van der Waals surface area (Å²) in [6.07, 6.45) is 6.80. The predicted octanol–water partition coefficient (Wildman–Crippen LogP) is 4.01. The minimum Gasteiger partial charge on any atom is -0.490 e. The maximum Gasteiger partial charge on any atom is 0.311 e. The normalized spacial score (nSPS) is 17.5. The predicted molar refractivity (Wildman–Crippen MR) is 79.1 cm³/mol. The van der Waals surface area contributed by atoms with E-state index in [0.29, 0.717) is 6.42 Å². The molecule has 0 unspecified atom stereocenters. The molecule has 0 aliphatic heterocycles. The van der Waals surface area contributed by atoms with Gasteiger partial charge in [-0.1, -0.05) is 31.7 Å². The summed E-state index contributed by atoms with van der Waals surface area (Å²) in [6.45, 7) is 0. The molecule has 0 N–H and O–H groups in total. The first-order chi connectivity index (χ1) is 10.1. The van der Waals surface area contributed by atoms with Crippen molar-refractivity contribution in [2.45, 2.75) is 44.9 Å². The Labute approximate surface area is 124 Å². The van der Waals surface area contributed by atoms with Crippen LogP contribution in [0, 0.1) is 26.9 Å². The first kappa shape index (κ1) is 15.3. The number of methoxy groups -OCH3 is 1. The van der Waals surface area contributed by atoms with Crippen LogP contribution in [0.3, 0.4) is 0 Å². The number of rotatable bonds is 4. The molecule has 0 radical (unpaired) electrons. The third-order valence-corrected chi connectivity index (χ3v) is 4.28. The van der Waals surface area contributed by atoms with E-state index in [4.69, 9.17) is 4.74 Å². The zero-order valence-electron chi connectivity index (χ0n) is 12.3. The van der Waals surface area contributed by atoms with Gasteiger partial charge in [0, 0.05) is 6.07 Å². The Morgan fingerprint density at radius 1 is 1.33 bits per heavy atom. The third-order valence-electron chi connectivity index (χ3n) is 4.28. The number of benzene rings is 1. The molecule has 0 bridgehead atoms. The summed E-state index contributed by atoms with van der Waals surface area (Å²) < 4.78 is 5.02. The molecule has 2 rings (SSSR count). The molecule has 0 spiro atoms. The lowest BCUT2D eigenvalue weighted by molar-refractivity contribution is -0.385. The number of nitro benzene ring substituents is 1. The van der Waals surface area contributed by atoms with Crippen LogP contribution >= 0.6 is 0 Å². The molecule has 0 aromatic heterocycles. The van der Waals surface area contributed by atoms with Crippen molar-refractivity contribution in [1.82, 2.24) is 0 Å². The third kappa shape index (κ3) is 3.52. The van der Waals surface area contributed by atoms with E-state index < -0.39 is 4.92 Å². The second kappa shape index (κ2) is 6.57. The van der Waals surface area contributed by atoms with Gasteiger partial charge < -0.3 is 4.74 Å². The van der Waals surface area contributed by atoms with Crippen LogP contribution in [0.4, 0.5) is 5.69 Å². The molecule has 1 aromatic carbocycles. The highest BCUT2D eigenvalue weighted by molar-refractivity contribution is 5.49. The molecular weight excluding hydrogens is 268 g/mol. The lowest BCUT2D eigenvalue weighted by atomic mass is 9.76. The molecule has 21 heavy (non-hydrogen) atoms. The monoisotopic (exact) mass is 288 g/mol. The van der Waals surface area contributed by atoms with Gasteiger partial charge in [-0.05, 0) is 30.9 Å². The molecular formula is C16H20N2O3. The summed E-state index contributed by atoms with van der Waals surface area (Å²) in [5.41, 5.74) is 0.432. The number of hydrogen-bond donors (Lipinski definition) is 0. The zero-order valence-corrected chi connectivity index (χ0v) is 12.3. The Morgan fingerprint density at radius 3 is 2.52 bits per heavy atom. The van der Waals surface area contributed by atoms with Crippen molar-refractivity contribution < 1.29 is 9.66 Å². The second-order valence-electron chi connectivity index (χ2n) is 5.75. The van der Waals surface area contributed by atoms with Crippen LogP contribution in [0.15, 0.2) is 18.2 Å². The summed E-state index contributed by atoms with van der Waals surface area (Å²) in [5, 5.41) is 20.7. The smallest absolute Gasteiger partial charge is 0.311 e. The minimum absolute atomic E-state index is 0.0308. The Morgan fingerprint density at radius 2 is 2.00 bits per heavy atom. The van der Waals surface area contributed by atoms with Gasteiger partial charge in [-0.2, -0.15) is 5.26 Å². The van der Waals surface area contributed by atoms with Gasteiger partial charge in [-0.15, -0.1) is 0 Å². The van der Waals surface area contributed by atoms with Gasteiger partial charge >= 0.3 is 5.69 Å². The highest BCUT2D eigenvalue weighted by atomic mass is 16.6. The summed E-state index contributed by atoms with van der Waals surface area (Å²) in [7, 11) is 1.42. The first-order valence-electron chi connectivity index (χ1n) is 7.33. The molecule has 1 aromatic rings. The average Bonchev–Trinajstić information content (AvgIpc) is 2.73. The van der Waals surface area contributed by atoms with Crippen LogP contribution in [-0.2, 0) is 6.42 Å². The van der Waals surface area contributed by atoms with Gasteiger partial charge in [-0.25, -0.2) is 0 Å².